The standard InChI is InChI=1S/C25H21BrF3N3O/c1-15(30-24-23-13-20(26)8-9-22(23)16(2)31-32-24)18-10-19(25(27,28)29)12-21(11-18)33-14-17-6-4-3-5-7-17/h3-13,15H,14H2,1-2H3,(H,30,32). The van der Waals surface area contributed by atoms with Gasteiger partial charge in [-0.25, -0.2) is 0 Å². The summed E-state index contributed by atoms with van der Waals surface area (Å²) >= 11 is 3.46. The Balaban J connectivity index is 1.65. The van der Waals surface area contributed by atoms with Crippen LogP contribution < -0.4 is 10.1 Å². The smallest absolute Gasteiger partial charge is 0.416 e. The maximum Gasteiger partial charge on any atom is 0.416 e. The number of nitrogens with one attached hydrogen (secondary N) is 1. The van der Waals surface area contributed by atoms with Gasteiger partial charge in [-0.05, 0) is 55.3 Å². The average Bonchev–Trinajstić information content (AvgIpc) is 2.79. The molecule has 0 fully saturated rings. The summed E-state index contributed by atoms with van der Waals surface area (Å²) in [5, 5.41) is 13.4. The number of nitrogens with zero attached hydrogens (tertiary/aromatic N) is 2. The summed E-state index contributed by atoms with van der Waals surface area (Å²) < 4.78 is 47.4. The van der Waals surface area contributed by atoms with Gasteiger partial charge in [0, 0.05) is 15.2 Å². The molecule has 4 nitrogen and oxygen atoms in total. The Kier molecular flexibility index (Phi) is 6.56. The molecule has 0 aliphatic carbocycles. The topological polar surface area (TPSA) is 47.0 Å². The molecule has 0 saturated heterocycles. The van der Waals surface area contributed by atoms with Crippen LogP contribution in [0.25, 0.3) is 10.8 Å². The van der Waals surface area contributed by atoms with Crippen molar-refractivity contribution in [3.63, 3.8) is 0 Å². The van der Waals surface area contributed by atoms with Gasteiger partial charge in [-0.1, -0.05) is 52.3 Å². The fraction of sp³-hybridized carbons (Fsp3) is 0.200. The first-order valence-corrected chi connectivity index (χ1v) is 11.1. The molecule has 0 spiro atoms. The summed E-state index contributed by atoms with van der Waals surface area (Å²) in [7, 11) is 0. The summed E-state index contributed by atoms with van der Waals surface area (Å²) in [5.74, 6) is 0.647. The Labute approximate surface area is 197 Å². The summed E-state index contributed by atoms with van der Waals surface area (Å²) in [6.45, 7) is 3.81. The maximum absolute atomic E-state index is 13.6. The highest BCUT2D eigenvalue weighted by Gasteiger charge is 2.32. The van der Waals surface area contributed by atoms with Crippen molar-refractivity contribution < 1.29 is 17.9 Å². The fourth-order valence-electron chi connectivity index (χ4n) is 3.52. The first kappa shape index (κ1) is 23.0. The highest BCUT2D eigenvalue weighted by molar-refractivity contribution is 9.10. The molecule has 0 bridgehead atoms. The van der Waals surface area contributed by atoms with Gasteiger partial charge < -0.3 is 10.1 Å². The van der Waals surface area contributed by atoms with E-state index in [2.05, 4.69) is 31.4 Å². The number of anilines is 1. The summed E-state index contributed by atoms with van der Waals surface area (Å²) in [4.78, 5) is 0. The van der Waals surface area contributed by atoms with Gasteiger partial charge in [0.25, 0.3) is 0 Å². The van der Waals surface area contributed by atoms with Crippen LogP contribution in [-0.4, -0.2) is 10.2 Å². The number of halogens is 4. The molecule has 1 atom stereocenters. The minimum atomic E-state index is -4.50. The predicted octanol–water partition coefficient (Wildman–Crippen LogP) is 7.47. The molecule has 1 N–H and O–H groups in total. The zero-order chi connectivity index (χ0) is 23.6. The third-order valence-corrected chi connectivity index (χ3v) is 5.78. The Morgan fingerprint density at radius 3 is 2.45 bits per heavy atom. The first-order chi connectivity index (χ1) is 15.7. The van der Waals surface area contributed by atoms with Gasteiger partial charge in [0.05, 0.1) is 17.3 Å². The molecule has 1 aromatic heterocycles. The quantitative estimate of drug-likeness (QED) is 0.289. The number of aromatic nitrogens is 2. The van der Waals surface area contributed by atoms with Gasteiger partial charge in [0.2, 0.25) is 0 Å². The lowest BCUT2D eigenvalue weighted by atomic mass is 10.0. The lowest BCUT2D eigenvalue weighted by Crippen LogP contribution is -2.12. The Hall–Kier alpha value is -3.13. The molecular formula is C25H21BrF3N3O. The lowest BCUT2D eigenvalue weighted by molar-refractivity contribution is -0.137. The van der Waals surface area contributed by atoms with E-state index in [0.29, 0.717) is 11.4 Å². The summed E-state index contributed by atoms with van der Waals surface area (Å²) in [6, 6.07) is 18.3. The molecule has 33 heavy (non-hydrogen) atoms. The number of ether oxygens (including phenoxy) is 1. The molecule has 3 aromatic carbocycles. The van der Waals surface area contributed by atoms with Crippen LogP contribution in [0.4, 0.5) is 19.0 Å². The van der Waals surface area contributed by atoms with E-state index in [1.54, 1.807) is 13.0 Å². The highest BCUT2D eigenvalue weighted by atomic mass is 79.9. The van der Waals surface area contributed by atoms with Crippen LogP contribution in [0.2, 0.25) is 0 Å². The lowest BCUT2D eigenvalue weighted by Gasteiger charge is -2.19. The van der Waals surface area contributed by atoms with Crippen molar-refractivity contribution in [2.24, 2.45) is 0 Å². The van der Waals surface area contributed by atoms with Crippen molar-refractivity contribution in [2.75, 3.05) is 5.32 Å². The molecule has 0 aliphatic heterocycles. The fourth-order valence-corrected chi connectivity index (χ4v) is 3.88. The van der Waals surface area contributed by atoms with Crippen LogP contribution in [0.1, 0.15) is 35.3 Å². The normalized spacial score (nSPS) is 12.5. The van der Waals surface area contributed by atoms with Crippen LogP contribution in [0.3, 0.4) is 0 Å². The molecule has 8 heteroatoms. The van der Waals surface area contributed by atoms with E-state index in [4.69, 9.17) is 4.74 Å². The van der Waals surface area contributed by atoms with Crippen LogP contribution in [0.5, 0.6) is 5.75 Å². The second kappa shape index (κ2) is 9.39. The van der Waals surface area contributed by atoms with E-state index in [0.717, 1.165) is 38.6 Å². The molecule has 1 unspecified atom stereocenters. The third kappa shape index (κ3) is 5.45. The zero-order valence-corrected chi connectivity index (χ0v) is 19.5. The van der Waals surface area contributed by atoms with Crippen LogP contribution in [-0.2, 0) is 12.8 Å². The molecular weight excluding hydrogens is 495 g/mol. The number of fused-ring (bicyclic) bond motifs is 1. The van der Waals surface area contributed by atoms with Gasteiger partial charge >= 0.3 is 6.18 Å². The van der Waals surface area contributed by atoms with E-state index >= 15 is 0 Å². The number of rotatable bonds is 6. The van der Waals surface area contributed by atoms with E-state index < -0.39 is 17.8 Å². The Bertz CT molecular complexity index is 1280. The molecule has 0 amide bonds. The Morgan fingerprint density at radius 1 is 0.970 bits per heavy atom. The minimum absolute atomic E-state index is 0.153. The van der Waals surface area contributed by atoms with E-state index in [1.807, 2.05) is 55.5 Å². The summed E-state index contributed by atoms with van der Waals surface area (Å²) in [6.07, 6.45) is -4.50. The molecule has 4 rings (SSSR count). The predicted molar refractivity (Wildman–Crippen MR) is 126 cm³/mol. The molecule has 4 aromatic rings. The van der Waals surface area contributed by atoms with Crippen molar-refractivity contribution in [2.45, 2.75) is 32.7 Å². The van der Waals surface area contributed by atoms with Gasteiger partial charge in [-0.15, -0.1) is 5.10 Å². The van der Waals surface area contributed by atoms with Crippen LogP contribution >= 0.6 is 15.9 Å². The summed E-state index contributed by atoms with van der Waals surface area (Å²) in [5.41, 5.74) is 1.30. The first-order valence-electron chi connectivity index (χ1n) is 10.3. The number of hydrogen-bond donors (Lipinski definition) is 1. The SMILES string of the molecule is Cc1nnc(NC(C)c2cc(OCc3ccccc3)cc(C(F)(F)F)c2)c2cc(Br)ccc12. The second-order valence-electron chi connectivity index (χ2n) is 7.75. The van der Waals surface area contributed by atoms with Crippen molar-refractivity contribution in [1.29, 1.82) is 0 Å². The molecule has 1 heterocycles. The van der Waals surface area contributed by atoms with Crippen molar-refractivity contribution in [3.05, 3.63) is 93.6 Å². The molecule has 0 saturated carbocycles. The molecule has 0 aliphatic rings. The van der Waals surface area contributed by atoms with Gasteiger partial charge in [-0.2, -0.15) is 18.3 Å². The van der Waals surface area contributed by atoms with Crippen molar-refractivity contribution in [1.82, 2.24) is 10.2 Å². The second-order valence-corrected chi connectivity index (χ2v) is 8.67. The third-order valence-electron chi connectivity index (χ3n) is 5.28. The minimum Gasteiger partial charge on any atom is -0.489 e. The monoisotopic (exact) mass is 515 g/mol. The van der Waals surface area contributed by atoms with Crippen LogP contribution in [0.15, 0.2) is 71.2 Å². The number of benzene rings is 3. The van der Waals surface area contributed by atoms with E-state index in [9.17, 15) is 13.2 Å². The highest BCUT2D eigenvalue weighted by Crippen LogP contribution is 2.36. The number of hydrogen-bond acceptors (Lipinski definition) is 4. The van der Waals surface area contributed by atoms with Crippen molar-refractivity contribution >= 4 is 32.5 Å². The average molecular weight is 516 g/mol. The number of alkyl halides is 3. The zero-order valence-electron chi connectivity index (χ0n) is 17.9. The van der Waals surface area contributed by atoms with E-state index in [1.165, 1.54) is 0 Å². The maximum atomic E-state index is 13.6. The van der Waals surface area contributed by atoms with Gasteiger partial charge in [0.1, 0.15) is 12.4 Å². The molecule has 170 valence electrons. The number of aryl methyl sites for hydroxylation is 1. The Morgan fingerprint density at radius 2 is 1.73 bits per heavy atom. The molecule has 0 radical (unpaired) electrons. The van der Waals surface area contributed by atoms with Gasteiger partial charge in [0.15, 0.2) is 5.82 Å². The van der Waals surface area contributed by atoms with Gasteiger partial charge in [-0.3, -0.25) is 0 Å². The van der Waals surface area contributed by atoms with Crippen LogP contribution in [0, 0.1) is 6.92 Å². The van der Waals surface area contributed by atoms with Crippen molar-refractivity contribution in [3.8, 4) is 5.75 Å². The van der Waals surface area contributed by atoms with E-state index in [-0.39, 0.29) is 12.4 Å². The largest absolute Gasteiger partial charge is 0.489 e.